The van der Waals surface area contributed by atoms with E-state index < -0.39 is 6.04 Å². The number of rotatable bonds is 2. The number of nitrogen functional groups attached to an aromatic ring is 1. The molecule has 0 amide bonds. The first-order valence-corrected chi connectivity index (χ1v) is 3.52. The molecule has 0 fully saturated rings. The van der Waals surface area contributed by atoms with E-state index in [2.05, 4.69) is 9.84 Å². The Morgan fingerprint density at radius 2 is 2.50 bits per heavy atom. The second kappa shape index (κ2) is 3.25. The van der Waals surface area contributed by atoms with Crippen LogP contribution in [0.4, 0.5) is 5.69 Å². The van der Waals surface area contributed by atoms with E-state index in [0.29, 0.717) is 5.69 Å². The second-order valence-electron chi connectivity index (χ2n) is 2.45. The molecular weight excluding hydrogens is 158 g/mol. The van der Waals surface area contributed by atoms with Crippen molar-refractivity contribution in [2.45, 2.75) is 13.0 Å². The molecule has 5 nitrogen and oxygen atoms in total. The molecule has 0 radical (unpaired) electrons. The topological polar surface area (TPSA) is 70.1 Å². The van der Waals surface area contributed by atoms with E-state index in [9.17, 15) is 4.79 Å². The molecule has 12 heavy (non-hydrogen) atoms. The maximum atomic E-state index is 11.0. The third-order valence-electron chi connectivity index (χ3n) is 1.56. The average molecular weight is 169 g/mol. The molecule has 1 unspecified atom stereocenters. The van der Waals surface area contributed by atoms with Gasteiger partial charge < -0.3 is 10.5 Å². The molecule has 0 bridgehead atoms. The van der Waals surface area contributed by atoms with Gasteiger partial charge in [0.05, 0.1) is 19.0 Å². The van der Waals surface area contributed by atoms with Crippen molar-refractivity contribution < 1.29 is 9.53 Å². The van der Waals surface area contributed by atoms with E-state index in [1.165, 1.54) is 18.0 Å². The first-order valence-electron chi connectivity index (χ1n) is 3.52. The van der Waals surface area contributed by atoms with Crippen LogP contribution in [0.15, 0.2) is 12.4 Å². The predicted molar refractivity (Wildman–Crippen MR) is 43.4 cm³/mol. The predicted octanol–water partition coefficient (Wildman–Crippen LogP) is 0.199. The number of aromatic nitrogens is 2. The van der Waals surface area contributed by atoms with Gasteiger partial charge in [0.1, 0.15) is 6.04 Å². The van der Waals surface area contributed by atoms with Crippen LogP contribution in [0.2, 0.25) is 0 Å². The second-order valence-corrected chi connectivity index (χ2v) is 2.45. The van der Waals surface area contributed by atoms with E-state index in [4.69, 9.17) is 5.73 Å². The van der Waals surface area contributed by atoms with Gasteiger partial charge >= 0.3 is 5.97 Å². The summed E-state index contributed by atoms with van der Waals surface area (Å²) < 4.78 is 5.99. The normalized spacial score (nSPS) is 12.5. The molecule has 1 aromatic heterocycles. The summed E-state index contributed by atoms with van der Waals surface area (Å²) in [5.74, 6) is -0.335. The lowest BCUT2D eigenvalue weighted by Crippen LogP contribution is -2.17. The number of hydrogen-bond donors (Lipinski definition) is 1. The number of ether oxygens (including phenoxy) is 1. The molecule has 2 N–H and O–H groups in total. The van der Waals surface area contributed by atoms with E-state index in [-0.39, 0.29) is 5.97 Å². The number of carbonyl (C=O) groups excluding carboxylic acids is 1. The number of methoxy groups -OCH3 is 1. The van der Waals surface area contributed by atoms with Crippen molar-refractivity contribution in [3.8, 4) is 0 Å². The molecular formula is C7H11N3O2. The summed E-state index contributed by atoms with van der Waals surface area (Å²) >= 11 is 0. The van der Waals surface area contributed by atoms with Crippen molar-refractivity contribution in [1.29, 1.82) is 0 Å². The summed E-state index contributed by atoms with van der Waals surface area (Å²) in [5, 5.41) is 3.88. The Hall–Kier alpha value is -1.52. The van der Waals surface area contributed by atoms with E-state index in [0.717, 1.165) is 0 Å². The molecule has 0 aliphatic rings. The van der Waals surface area contributed by atoms with Crippen molar-refractivity contribution >= 4 is 11.7 Å². The lowest BCUT2D eigenvalue weighted by Gasteiger charge is -2.08. The zero-order valence-corrected chi connectivity index (χ0v) is 7.02. The van der Waals surface area contributed by atoms with Gasteiger partial charge in [0, 0.05) is 6.20 Å². The van der Waals surface area contributed by atoms with Crippen LogP contribution in [0.3, 0.4) is 0 Å². The quantitative estimate of drug-likeness (QED) is 0.642. The summed E-state index contributed by atoms with van der Waals surface area (Å²) in [6, 6.07) is -0.424. The molecule has 1 heterocycles. The zero-order valence-electron chi connectivity index (χ0n) is 7.02. The maximum absolute atomic E-state index is 11.0. The number of nitrogens with zero attached hydrogens (tertiary/aromatic N) is 2. The highest BCUT2D eigenvalue weighted by atomic mass is 16.5. The first-order chi connectivity index (χ1) is 5.65. The Morgan fingerprint density at radius 1 is 1.83 bits per heavy atom. The molecule has 0 spiro atoms. The fourth-order valence-corrected chi connectivity index (χ4v) is 0.843. The van der Waals surface area contributed by atoms with Crippen molar-refractivity contribution in [3.63, 3.8) is 0 Å². The van der Waals surface area contributed by atoms with E-state index in [1.807, 2.05) is 0 Å². The molecule has 0 aromatic carbocycles. The monoisotopic (exact) mass is 169 g/mol. The van der Waals surface area contributed by atoms with Crippen LogP contribution < -0.4 is 5.73 Å². The number of esters is 1. The average Bonchev–Trinajstić information content (AvgIpc) is 2.49. The minimum atomic E-state index is -0.424. The highest BCUT2D eigenvalue weighted by Gasteiger charge is 2.15. The van der Waals surface area contributed by atoms with Gasteiger partial charge in [-0.15, -0.1) is 0 Å². The van der Waals surface area contributed by atoms with Gasteiger partial charge in [0.25, 0.3) is 0 Å². The molecule has 1 rings (SSSR count). The number of hydrogen-bond acceptors (Lipinski definition) is 4. The minimum Gasteiger partial charge on any atom is -0.467 e. The van der Waals surface area contributed by atoms with Gasteiger partial charge in [-0.2, -0.15) is 5.10 Å². The molecule has 1 atom stereocenters. The molecule has 0 saturated carbocycles. The van der Waals surface area contributed by atoms with Gasteiger partial charge in [0.2, 0.25) is 0 Å². The SMILES string of the molecule is COC(=O)C(C)n1cc(N)cn1. The van der Waals surface area contributed by atoms with Gasteiger partial charge in [-0.1, -0.05) is 0 Å². The fraction of sp³-hybridized carbons (Fsp3) is 0.429. The first kappa shape index (κ1) is 8.58. The van der Waals surface area contributed by atoms with E-state index in [1.54, 1.807) is 13.1 Å². The van der Waals surface area contributed by atoms with Crippen molar-refractivity contribution in [2.24, 2.45) is 0 Å². The Kier molecular flexibility index (Phi) is 2.32. The Balaban J connectivity index is 2.77. The van der Waals surface area contributed by atoms with Crippen LogP contribution in [0.1, 0.15) is 13.0 Å². The van der Waals surface area contributed by atoms with E-state index >= 15 is 0 Å². The molecule has 66 valence electrons. The Bertz CT molecular complexity index is 282. The molecule has 0 aliphatic carbocycles. The summed E-state index contributed by atoms with van der Waals surface area (Å²) in [6.45, 7) is 1.69. The van der Waals surface area contributed by atoms with Gasteiger partial charge in [-0.25, -0.2) is 4.79 Å². The molecule has 0 saturated heterocycles. The van der Waals surface area contributed by atoms with Crippen molar-refractivity contribution in [2.75, 3.05) is 12.8 Å². The highest BCUT2D eigenvalue weighted by Crippen LogP contribution is 2.08. The van der Waals surface area contributed by atoms with Crippen molar-refractivity contribution in [3.05, 3.63) is 12.4 Å². The third kappa shape index (κ3) is 1.55. The summed E-state index contributed by atoms with van der Waals surface area (Å²) in [6.07, 6.45) is 3.07. The van der Waals surface area contributed by atoms with Crippen LogP contribution in [-0.4, -0.2) is 22.9 Å². The summed E-state index contributed by atoms with van der Waals surface area (Å²) in [4.78, 5) is 11.0. The van der Waals surface area contributed by atoms with Crippen molar-refractivity contribution in [1.82, 2.24) is 9.78 Å². The van der Waals surface area contributed by atoms with Crippen LogP contribution in [0, 0.1) is 0 Å². The van der Waals surface area contributed by atoms with Gasteiger partial charge in [0.15, 0.2) is 0 Å². The largest absolute Gasteiger partial charge is 0.467 e. The summed E-state index contributed by atoms with van der Waals surface area (Å²) in [5.41, 5.74) is 5.96. The van der Waals surface area contributed by atoms with Gasteiger partial charge in [-0.3, -0.25) is 4.68 Å². The highest BCUT2D eigenvalue weighted by molar-refractivity contribution is 5.73. The smallest absolute Gasteiger partial charge is 0.330 e. The minimum absolute atomic E-state index is 0.335. The van der Waals surface area contributed by atoms with Crippen LogP contribution in [0.25, 0.3) is 0 Å². The molecule has 0 aliphatic heterocycles. The maximum Gasteiger partial charge on any atom is 0.330 e. The number of carbonyl (C=O) groups is 1. The number of anilines is 1. The fourth-order valence-electron chi connectivity index (χ4n) is 0.843. The Morgan fingerprint density at radius 3 is 2.92 bits per heavy atom. The zero-order chi connectivity index (χ0) is 9.14. The number of nitrogens with two attached hydrogens (primary N) is 1. The van der Waals surface area contributed by atoms with Gasteiger partial charge in [-0.05, 0) is 6.92 Å². The third-order valence-corrected chi connectivity index (χ3v) is 1.56. The Labute approximate surface area is 70.1 Å². The standard InChI is InChI=1S/C7H11N3O2/c1-5(7(11)12-2)10-4-6(8)3-9-10/h3-5H,8H2,1-2H3. The summed E-state index contributed by atoms with van der Waals surface area (Å²) in [7, 11) is 1.34. The molecule has 1 aromatic rings. The van der Waals surface area contributed by atoms with Crippen LogP contribution in [-0.2, 0) is 9.53 Å². The molecule has 5 heteroatoms. The van der Waals surface area contributed by atoms with Crippen LogP contribution in [0.5, 0.6) is 0 Å². The van der Waals surface area contributed by atoms with Crippen LogP contribution >= 0.6 is 0 Å². The lowest BCUT2D eigenvalue weighted by molar-refractivity contribution is -0.144. The lowest BCUT2D eigenvalue weighted by atomic mass is 10.3.